The van der Waals surface area contributed by atoms with Gasteiger partial charge in [0.1, 0.15) is 0 Å². The standard InChI is InChI=1S/C16H15Cl6N3O2S/c1-3-4-10(28-8-7-11(26)27)6-5-9(2)12-23-13(15(17,18)19)25-14(24-12)16(20,21)22/h3-6H,7-8H2,1-2H3,(H,26,27)/b4-3-,9-5+,10-6+. The number of rotatable bonds is 7. The second kappa shape index (κ2) is 11.3. The molecule has 0 amide bonds. The SMILES string of the molecule is C\C=C/C(=C\C=C(/C)c1nc(C(Cl)(Cl)Cl)nc(C(Cl)(Cl)Cl)n1)SCCC(=O)O. The van der Waals surface area contributed by atoms with Crippen LogP contribution in [0.5, 0.6) is 0 Å². The Morgan fingerprint density at radius 3 is 2.00 bits per heavy atom. The van der Waals surface area contributed by atoms with Gasteiger partial charge in [-0.1, -0.05) is 87.8 Å². The summed E-state index contributed by atoms with van der Waals surface area (Å²) in [6.07, 6.45) is 7.25. The van der Waals surface area contributed by atoms with E-state index in [1.807, 2.05) is 19.1 Å². The summed E-state index contributed by atoms with van der Waals surface area (Å²) in [4.78, 5) is 23.7. The first-order valence-corrected chi connectivity index (χ1v) is 10.9. The molecule has 12 heteroatoms. The van der Waals surface area contributed by atoms with E-state index in [0.29, 0.717) is 11.3 Å². The summed E-state index contributed by atoms with van der Waals surface area (Å²) in [6.45, 7) is 3.58. The van der Waals surface area contributed by atoms with Gasteiger partial charge in [0.25, 0.3) is 0 Å². The lowest BCUT2D eigenvalue weighted by Crippen LogP contribution is -2.17. The number of alkyl halides is 6. The van der Waals surface area contributed by atoms with Crippen molar-refractivity contribution >= 4 is 92.9 Å². The Balaban J connectivity index is 3.26. The molecule has 1 N–H and O–H groups in total. The highest BCUT2D eigenvalue weighted by Crippen LogP contribution is 2.40. The number of thioether (sulfide) groups is 1. The fraction of sp³-hybridized carbons (Fsp3) is 0.375. The summed E-state index contributed by atoms with van der Waals surface area (Å²) >= 11 is 36.6. The van der Waals surface area contributed by atoms with Gasteiger partial charge in [-0.2, -0.15) is 0 Å². The zero-order chi connectivity index (χ0) is 21.5. The van der Waals surface area contributed by atoms with Crippen LogP contribution in [0.3, 0.4) is 0 Å². The van der Waals surface area contributed by atoms with Crippen molar-refractivity contribution in [3.63, 3.8) is 0 Å². The fourth-order valence-electron chi connectivity index (χ4n) is 1.66. The predicted octanol–water partition coefficient (Wildman–Crippen LogP) is 6.60. The summed E-state index contributed by atoms with van der Waals surface area (Å²) in [5.74, 6) is -0.610. The van der Waals surface area contributed by atoms with Crippen molar-refractivity contribution in [1.82, 2.24) is 15.0 Å². The molecule has 28 heavy (non-hydrogen) atoms. The lowest BCUT2D eigenvalue weighted by Gasteiger charge is -2.15. The van der Waals surface area contributed by atoms with E-state index in [-0.39, 0.29) is 23.9 Å². The van der Waals surface area contributed by atoms with Crippen LogP contribution in [0.15, 0.2) is 29.2 Å². The van der Waals surface area contributed by atoms with Crippen molar-refractivity contribution in [2.75, 3.05) is 5.75 Å². The Labute approximate surface area is 197 Å². The third-order valence-electron chi connectivity index (χ3n) is 2.91. The molecule has 1 heterocycles. The Bertz CT molecular complexity index is 768. The molecule has 0 atom stereocenters. The van der Waals surface area contributed by atoms with Gasteiger partial charge in [0.15, 0.2) is 17.5 Å². The number of allylic oxidation sites excluding steroid dienone is 5. The van der Waals surface area contributed by atoms with Crippen LogP contribution in [0.2, 0.25) is 0 Å². The number of hydrogen-bond donors (Lipinski definition) is 1. The van der Waals surface area contributed by atoms with Crippen LogP contribution < -0.4 is 0 Å². The average molecular weight is 526 g/mol. The minimum absolute atomic E-state index is 0.0505. The van der Waals surface area contributed by atoms with Crippen molar-refractivity contribution in [3.05, 3.63) is 46.7 Å². The number of aliphatic carboxylic acids is 1. The number of carboxylic acid groups (broad SMARTS) is 1. The van der Waals surface area contributed by atoms with E-state index >= 15 is 0 Å². The molecule has 1 aromatic rings. The van der Waals surface area contributed by atoms with Crippen molar-refractivity contribution < 1.29 is 9.90 Å². The fourth-order valence-corrected chi connectivity index (χ4v) is 3.08. The van der Waals surface area contributed by atoms with Crippen molar-refractivity contribution in [3.8, 4) is 0 Å². The Kier molecular flexibility index (Phi) is 10.4. The zero-order valence-corrected chi connectivity index (χ0v) is 19.9. The first-order valence-electron chi connectivity index (χ1n) is 7.61. The van der Waals surface area contributed by atoms with Gasteiger partial charge in [-0.25, -0.2) is 15.0 Å². The average Bonchev–Trinajstić information content (AvgIpc) is 2.57. The highest BCUT2D eigenvalue weighted by molar-refractivity contribution is 8.03. The third kappa shape index (κ3) is 9.08. The minimum Gasteiger partial charge on any atom is -0.481 e. The summed E-state index contributed by atoms with van der Waals surface area (Å²) in [7, 11) is 0. The van der Waals surface area contributed by atoms with Crippen LogP contribution in [0.4, 0.5) is 0 Å². The van der Waals surface area contributed by atoms with E-state index in [1.165, 1.54) is 11.8 Å². The molecule has 1 rings (SSSR count). The lowest BCUT2D eigenvalue weighted by molar-refractivity contribution is -0.136. The molecular weight excluding hydrogens is 511 g/mol. The quantitative estimate of drug-likeness (QED) is 0.319. The van der Waals surface area contributed by atoms with Gasteiger partial charge in [0.05, 0.1) is 6.42 Å². The first-order chi connectivity index (χ1) is 12.8. The second-order valence-corrected chi connectivity index (χ2v) is 10.9. The number of aromatic nitrogens is 3. The van der Waals surface area contributed by atoms with Gasteiger partial charge in [0, 0.05) is 10.7 Å². The molecular formula is C16H15Cl6N3O2S. The van der Waals surface area contributed by atoms with Gasteiger partial charge in [0.2, 0.25) is 7.59 Å². The van der Waals surface area contributed by atoms with Gasteiger partial charge >= 0.3 is 5.97 Å². The molecule has 0 saturated heterocycles. The van der Waals surface area contributed by atoms with Gasteiger partial charge in [-0.15, -0.1) is 11.8 Å². The number of carbonyl (C=O) groups is 1. The Hall–Kier alpha value is -0.210. The van der Waals surface area contributed by atoms with Crippen molar-refractivity contribution in [1.29, 1.82) is 0 Å². The largest absolute Gasteiger partial charge is 0.481 e. The van der Waals surface area contributed by atoms with Crippen LogP contribution in [0.25, 0.3) is 5.57 Å². The number of hydrogen-bond acceptors (Lipinski definition) is 5. The molecule has 0 fully saturated rings. The summed E-state index contributed by atoms with van der Waals surface area (Å²) < 4.78 is -3.86. The minimum atomic E-state index is -1.93. The molecule has 0 aliphatic rings. The van der Waals surface area contributed by atoms with Gasteiger partial charge in [-0.05, 0) is 25.5 Å². The maximum absolute atomic E-state index is 10.7. The maximum Gasteiger partial charge on any atom is 0.304 e. The van der Waals surface area contributed by atoms with Crippen molar-refractivity contribution in [2.45, 2.75) is 27.9 Å². The molecule has 0 bridgehead atoms. The molecule has 0 spiro atoms. The smallest absolute Gasteiger partial charge is 0.304 e. The highest BCUT2D eigenvalue weighted by atomic mass is 35.6. The lowest BCUT2D eigenvalue weighted by atomic mass is 10.2. The molecule has 0 saturated carbocycles. The molecule has 0 unspecified atom stereocenters. The van der Waals surface area contributed by atoms with Gasteiger partial charge in [-0.3, -0.25) is 4.79 Å². The molecule has 0 aliphatic carbocycles. The molecule has 154 valence electrons. The molecule has 1 aromatic heterocycles. The van der Waals surface area contributed by atoms with Crippen molar-refractivity contribution in [2.24, 2.45) is 0 Å². The topological polar surface area (TPSA) is 76.0 Å². The van der Waals surface area contributed by atoms with E-state index in [2.05, 4.69) is 15.0 Å². The van der Waals surface area contributed by atoms with E-state index in [0.717, 1.165) is 4.91 Å². The van der Waals surface area contributed by atoms with E-state index < -0.39 is 13.6 Å². The normalized spacial score (nSPS) is 14.0. The highest BCUT2D eigenvalue weighted by Gasteiger charge is 2.33. The monoisotopic (exact) mass is 523 g/mol. The van der Waals surface area contributed by atoms with E-state index in [1.54, 1.807) is 19.1 Å². The van der Waals surface area contributed by atoms with Crippen LogP contribution >= 0.6 is 81.4 Å². The Morgan fingerprint density at radius 2 is 1.57 bits per heavy atom. The van der Waals surface area contributed by atoms with Crippen LogP contribution in [0, 0.1) is 0 Å². The predicted molar refractivity (Wildman–Crippen MR) is 120 cm³/mol. The Morgan fingerprint density at radius 1 is 1.04 bits per heavy atom. The molecule has 0 radical (unpaired) electrons. The summed E-state index contributed by atoms with van der Waals surface area (Å²) in [5.41, 5.74) is 0.592. The van der Waals surface area contributed by atoms with Gasteiger partial charge < -0.3 is 5.11 Å². The number of halogens is 6. The molecule has 0 aliphatic heterocycles. The maximum atomic E-state index is 10.7. The van der Waals surface area contributed by atoms with Crippen LogP contribution in [-0.2, 0) is 12.4 Å². The third-order valence-corrected chi connectivity index (χ3v) is 4.94. The summed E-state index contributed by atoms with van der Waals surface area (Å²) in [6, 6.07) is 0. The summed E-state index contributed by atoms with van der Waals surface area (Å²) in [5, 5.41) is 8.76. The van der Waals surface area contributed by atoms with Crippen LogP contribution in [-0.4, -0.2) is 31.8 Å². The number of carboxylic acids is 1. The molecule has 5 nitrogen and oxygen atoms in total. The van der Waals surface area contributed by atoms with Crippen LogP contribution in [0.1, 0.15) is 37.7 Å². The zero-order valence-electron chi connectivity index (χ0n) is 14.6. The van der Waals surface area contributed by atoms with E-state index in [4.69, 9.17) is 74.7 Å². The first kappa shape index (κ1) is 25.8. The number of nitrogens with zero attached hydrogens (tertiary/aromatic N) is 3. The van der Waals surface area contributed by atoms with E-state index in [9.17, 15) is 4.79 Å². The molecule has 0 aromatic carbocycles. The second-order valence-electron chi connectivity index (χ2n) is 5.21.